The van der Waals surface area contributed by atoms with Crippen molar-refractivity contribution >= 4 is 35.3 Å². The third-order valence-corrected chi connectivity index (χ3v) is 6.68. The minimum absolute atomic E-state index is 0.126. The van der Waals surface area contributed by atoms with Crippen molar-refractivity contribution in [1.82, 2.24) is 25.6 Å². The van der Waals surface area contributed by atoms with Crippen LogP contribution in [0, 0.1) is 5.92 Å². The Balaban J connectivity index is 0.00000442. The normalized spacial score (nSPS) is 10.6. The standard InChI is InChI=1S/C34H51N9O6.C2H6/c1-26(2)12-14-38-32-41-33(39-17-21-49-25-24-48-19-15-36-30(44)27-6-4-3-5-7-27)43-34(42-32)40-29-10-8-28(9-11-29)31(45)37-16-20-47-23-22-46-18-13-35;1-2/h3-11,26H,12-25,35H2,1-2H3,(H,36,44)(H,37,45)(H3,38,39,40,41,42,43);1-2H3. The highest BCUT2D eigenvalue weighted by molar-refractivity contribution is 5.94. The monoisotopic (exact) mass is 711 g/mol. The molecule has 7 N–H and O–H groups in total. The molecule has 1 heterocycles. The van der Waals surface area contributed by atoms with Crippen LogP contribution in [0.15, 0.2) is 54.6 Å². The van der Waals surface area contributed by atoms with Gasteiger partial charge in [0.25, 0.3) is 11.8 Å². The molecule has 15 nitrogen and oxygen atoms in total. The van der Waals surface area contributed by atoms with Crippen molar-refractivity contribution in [2.75, 3.05) is 102 Å². The molecule has 0 saturated heterocycles. The van der Waals surface area contributed by atoms with Gasteiger partial charge in [-0.2, -0.15) is 15.0 Å². The summed E-state index contributed by atoms with van der Waals surface area (Å²) in [4.78, 5) is 38.1. The van der Waals surface area contributed by atoms with Gasteiger partial charge in [0.15, 0.2) is 0 Å². The summed E-state index contributed by atoms with van der Waals surface area (Å²) in [5.41, 5.74) is 7.23. The number of carbonyl (C=O) groups is 2. The highest BCUT2D eigenvalue weighted by Crippen LogP contribution is 2.17. The van der Waals surface area contributed by atoms with Gasteiger partial charge in [-0.05, 0) is 48.7 Å². The molecule has 0 unspecified atom stereocenters. The molecule has 0 saturated carbocycles. The van der Waals surface area contributed by atoms with Crippen LogP contribution in [0.5, 0.6) is 0 Å². The number of nitrogens with one attached hydrogen (secondary N) is 5. The Morgan fingerprint density at radius 3 is 1.61 bits per heavy atom. The second-order valence-electron chi connectivity index (χ2n) is 11.2. The second kappa shape index (κ2) is 27.3. The zero-order valence-corrected chi connectivity index (χ0v) is 30.5. The molecular weight excluding hydrogens is 654 g/mol. The van der Waals surface area contributed by atoms with Crippen LogP contribution < -0.4 is 32.3 Å². The second-order valence-corrected chi connectivity index (χ2v) is 11.2. The molecule has 282 valence electrons. The maximum absolute atomic E-state index is 12.5. The summed E-state index contributed by atoms with van der Waals surface area (Å²) >= 11 is 0. The van der Waals surface area contributed by atoms with E-state index in [9.17, 15) is 9.59 Å². The highest BCUT2D eigenvalue weighted by Gasteiger charge is 2.10. The molecule has 0 radical (unpaired) electrons. The van der Waals surface area contributed by atoms with E-state index in [0.717, 1.165) is 13.0 Å². The van der Waals surface area contributed by atoms with Gasteiger partial charge in [0.05, 0.1) is 52.9 Å². The molecule has 0 aliphatic carbocycles. The van der Waals surface area contributed by atoms with E-state index in [4.69, 9.17) is 24.7 Å². The number of carbonyl (C=O) groups excluding carboxylic acids is 2. The zero-order valence-electron chi connectivity index (χ0n) is 30.5. The van der Waals surface area contributed by atoms with Gasteiger partial charge in [0.1, 0.15) is 0 Å². The first-order valence-electron chi connectivity index (χ1n) is 17.7. The van der Waals surface area contributed by atoms with Gasteiger partial charge >= 0.3 is 0 Å². The van der Waals surface area contributed by atoms with E-state index < -0.39 is 0 Å². The molecule has 0 aliphatic heterocycles. The summed E-state index contributed by atoms with van der Waals surface area (Å²) in [6, 6.07) is 16.1. The van der Waals surface area contributed by atoms with Gasteiger partial charge < -0.3 is 51.3 Å². The van der Waals surface area contributed by atoms with Crippen molar-refractivity contribution in [1.29, 1.82) is 0 Å². The maximum atomic E-state index is 12.5. The fraction of sp³-hybridized carbons (Fsp3) is 0.528. The Morgan fingerprint density at radius 1 is 0.608 bits per heavy atom. The smallest absolute Gasteiger partial charge is 0.251 e. The molecule has 0 bridgehead atoms. The lowest BCUT2D eigenvalue weighted by molar-refractivity contribution is 0.0511. The molecule has 0 atom stereocenters. The number of rotatable bonds is 26. The Kier molecular flexibility index (Phi) is 22.9. The van der Waals surface area contributed by atoms with Crippen LogP contribution in [-0.2, 0) is 18.9 Å². The maximum Gasteiger partial charge on any atom is 0.251 e. The number of hydrogen-bond acceptors (Lipinski definition) is 13. The number of aromatic nitrogens is 3. The Bertz CT molecular complexity index is 1350. The van der Waals surface area contributed by atoms with E-state index in [-0.39, 0.29) is 11.8 Å². The van der Waals surface area contributed by atoms with Crippen LogP contribution in [0.25, 0.3) is 0 Å². The molecule has 0 spiro atoms. The first-order valence-corrected chi connectivity index (χ1v) is 17.7. The number of benzene rings is 2. The molecule has 0 fully saturated rings. The Morgan fingerprint density at radius 2 is 1.08 bits per heavy atom. The number of ether oxygens (including phenoxy) is 4. The summed E-state index contributed by atoms with van der Waals surface area (Å²) in [6.07, 6.45) is 0.964. The van der Waals surface area contributed by atoms with Gasteiger partial charge in [-0.1, -0.05) is 45.9 Å². The van der Waals surface area contributed by atoms with Gasteiger partial charge in [-0.15, -0.1) is 0 Å². The van der Waals surface area contributed by atoms with E-state index in [2.05, 4.69) is 55.4 Å². The quantitative estimate of drug-likeness (QED) is 0.0661. The third kappa shape index (κ3) is 19.5. The van der Waals surface area contributed by atoms with Crippen LogP contribution >= 0.6 is 0 Å². The first kappa shape index (κ1) is 42.8. The lowest BCUT2D eigenvalue weighted by atomic mass is 10.1. The van der Waals surface area contributed by atoms with Crippen LogP contribution in [0.3, 0.4) is 0 Å². The lowest BCUT2D eigenvalue weighted by Gasteiger charge is -2.12. The SMILES string of the molecule is CC.CC(C)CCNc1nc(NCCOCCOCCNC(=O)c2ccccc2)nc(Nc2ccc(C(=O)NCCOCCOCCN)cc2)n1. The Labute approximate surface area is 302 Å². The largest absolute Gasteiger partial charge is 0.378 e. The van der Waals surface area contributed by atoms with Crippen LogP contribution in [0.4, 0.5) is 23.5 Å². The molecule has 1 aromatic heterocycles. The van der Waals surface area contributed by atoms with Crippen LogP contribution in [0.1, 0.15) is 54.8 Å². The average molecular weight is 712 g/mol. The highest BCUT2D eigenvalue weighted by atomic mass is 16.5. The first-order chi connectivity index (χ1) is 24.9. The summed E-state index contributed by atoms with van der Waals surface area (Å²) in [5, 5.41) is 15.3. The molecule has 2 amide bonds. The molecule has 2 aromatic carbocycles. The minimum atomic E-state index is -0.195. The fourth-order valence-electron chi connectivity index (χ4n) is 4.13. The zero-order chi connectivity index (χ0) is 36.9. The number of amides is 2. The topological polar surface area (TPSA) is 196 Å². The van der Waals surface area contributed by atoms with Crippen LogP contribution in [-0.4, -0.2) is 112 Å². The molecule has 51 heavy (non-hydrogen) atoms. The third-order valence-electron chi connectivity index (χ3n) is 6.68. The number of anilines is 4. The van der Waals surface area contributed by atoms with Crippen LogP contribution in [0.2, 0.25) is 0 Å². The summed E-state index contributed by atoms with van der Waals surface area (Å²) < 4.78 is 21.9. The van der Waals surface area contributed by atoms with Crippen molar-refractivity contribution in [3.05, 3.63) is 65.7 Å². The molecule has 0 aliphatic rings. The number of hydrogen-bond donors (Lipinski definition) is 6. The van der Waals surface area contributed by atoms with Crippen molar-refractivity contribution in [3.63, 3.8) is 0 Å². The van der Waals surface area contributed by atoms with E-state index in [0.29, 0.717) is 120 Å². The Hall–Kier alpha value is -4.41. The van der Waals surface area contributed by atoms with Gasteiger partial charge in [-0.3, -0.25) is 9.59 Å². The fourth-order valence-corrected chi connectivity index (χ4v) is 4.13. The lowest BCUT2D eigenvalue weighted by Crippen LogP contribution is -2.27. The van der Waals surface area contributed by atoms with E-state index in [1.54, 1.807) is 36.4 Å². The summed E-state index contributed by atoms with van der Waals surface area (Å²) in [6.45, 7) is 14.2. The van der Waals surface area contributed by atoms with E-state index >= 15 is 0 Å². The average Bonchev–Trinajstić information content (AvgIpc) is 3.14. The van der Waals surface area contributed by atoms with Crippen molar-refractivity contribution in [2.45, 2.75) is 34.1 Å². The molecule has 15 heteroatoms. The number of nitrogens with zero attached hydrogens (tertiary/aromatic N) is 3. The molecule has 3 aromatic rings. The summed E-state index contributed by atoms with van der Waals surface area (Å²) in [5.74, 6) is 1.39. The van der Waals surface area contributed by atoms with Gasteiger partial charge in [0.2, 0.25) is 17.8 Å². The predicted octanol–water partition coefficient (Wildman–Crippen LogP) is 3.70. The summed E-state index contributed by atoms with van der Waals surface area (Å²) in [7, 11) is 0. The van der Waals surface area contributed by atoms with E-state index in [1.165, 1.54) is 0 Å². The predicted molar refractivity (Wildman–Crippen MR) is 201 cm³/mol. The minimum Gasteiger partial charge on any atom is -0.378 e. The van der Waals surface area contributed by atoms with Gasteiger partial charge in [0, 0.05) is 49.5 Å². The van der Waals surface area contributed by atoms with Crippen molar-refractivity contribution < 1.29 is 28.5 Å². The van der Waals surface area contributed by atoms with Gasteiger partial charge in [-0.25, -0.2) is 0 Å². The van der Waals surface area contributed by atoms with Crippen molar-refractivity contribution in [2.24, 2.45) is 11.7 Å². The van der Waals surface area contributed by atoms with Crippen molar-refractivity contribution in [3.8, 4) is 0 Å². The number of nitrogens with two attached hydrogens (primary N) is 1. The molecule has 3 rings (SSSR count). The van der Waals surface area contributed by atoms with E-state index in [1.807, 2.05) is 32.0 Å². The molecular formula is C36H57N9O6.